The van der Waals surface area contributed by atoms with Crippen molar-refractivity contribution < 1.29 is 9.53 Å². The van der Waals surface area contributed by atoms with Gasteiger partial charge in [-0.3, -0.25) is 4.79 Å². The maximum atomic E-state index is 13.2. The Kier molecular flexibility index (Phi) is 5.38. The third kappa shape index (κ3) is 4.19. The quantitative estimate of drug-likeness (QED) is 0.607. The summed E-state index contributed by atoms with van der Waals surface area (Å²) in [5, 5.41) is 4.69. The van der Waals surface area contributed by atoms with Crippen LogP contribution in [0.25, 0.3) is 5.69 Å². The van der Waals surface area contributed by atoms with Crippen LogP contribution in [0.5, 0.6) is 5.75 Å². The predicted octanol–water partition coefficient (Wildman–Crippen LogP) is 4.23. The molecule has 0 spiro atoms. The highest BCUT2D eigenvalue weighted by Crippen LogP contribution is 2.30. The average Bonchev–Trinajstić information content (AvgIpc) is 3.55. The molecule has 1 aliphatic carbocycles. The summed E-state index contributed by atoms with van der Waals surface area (Å²) in [6, 6.07) is 18.4. The van der Waals surface area contributed by atoms with Crippen LogP contribution in [0.15, 0.2) is 54.6 Å². The van der Waals surface area contributed by atoms with Gasteiger partial charge in [0.05, 0.1) is 24.9 Å². The van der Waals surface area contributed by atoms with Gasteiger partial charge in [0, 0.05) is 23.8 Å². The SMILES string of the molecule is COc1ccc(CN(C(=O)Cc2c(C)nn(-c3ccccc3)c2C)C2CC2)cc1. The maximum absolute atomic E-state index is 13.2. The summed E-state index contributed by atoms with van der Waals surface area (Å²) < 4.78 is 7.17. The molecule has 1 aromatic heterocycles. The molecule has 0 radical (unpaired) electrons. The first-order valence-electron chi connectivity index (χ1n) is 10.1. The van der Waals surface area contributed by atoms with Crippen molar-refractivity contribution in [2.45, 2.75) is 45.7 Å². The number of rotatable bonds is 7. The molecule has 2 aromatic carbocycles. The van der Waals surface area contributed by atoms with Gasteiger partial charge in [-0.1, -0.05) is 30.3 Å². The summed E-state index contributed by atoms with van der Waals surface area (Å²) in [6.07, 6.45) is 2.56. The number of amides is 1. The fraction of sp³-hybridized carbons (Fsp3) is 0.333. The van der Waals surface area contributed by atoms with E-state index in [2.05, 4.69) is 5.10 Å². The van der Waals surface area contributed by atoms with E-state index in [1.54, 1.807) is 7.11 Å². The average molecular weight is 389 g/mol. The Morgan fingerprint density at radius 1 is 1.10 bits per heavy atom. The molecule has 5 nitrogen and oxygen atoms in total. The van der Waals surface area contributed by atoms with E-state index in [0.717, 1.165) is 46.8 Å². The number of carbonyl (C=O) groups is 1. The van der Waals surface area contributed by atoms with Crippen LogP contribution in [0.1, 0.15) is 35.4 Å². The first-order chi connectivity index (χ1) is 14.1. The van der Waals surface area contributed by atoms with Gasteiger partial charge in [0.1, 0.15) is 5.75 Å². The molecule has 0 saturated heterocycles. The zero-order chi connectivity index (χ0) is 20.4. The second-order valence-corrected chi connectivity index (χ2v) is 7.67. The minimum absolute atomic E-state index is 0.169. The van der Waals surface area contributed by atoms with Crippen LogP contribution in [0.4, 0.5) is 0 Å². The van der Waals surface area contributed by atoms with Gasteiger partial charge in [-0.25, -0.2) is 4.68 Å². The molecule has 1 saturated carbocycles. The van der Waals surface area contributed by atoms with E-state index in [9.17, 15) is 4.79 Å². The number of benzene rings is 2. The molecule has 150 valence electrons. The van der Waals surface area contributed by atoms with Gasteiger partial charge >= 0.3 is 0 Å². The number of ether oxygens (including phenoxy) is 1. The van der Waals surface area contributed by atoms with Crippen molar-refractivity contribution in [1.82, 2.24) is 14.7 Å². The predicted molar refractivity (Wildman–Crippen MR) is 113 cm³/mol. The number of para-hydroxylation sites is 1. The third-order valence-electron chi connectivity index (χ3n) is 5.59. The number of aromatic nitrogens is 2. The molecule has 1 heterocycles. The summed E-state index contributed by atoms with van der Waals surface area (Å²) in [7, 11) is 1.66. The fourth-order valence-corrected chi connectivity index (χ4v) is 3.74. The monoisotopic (exact) mass is 389 g/mol. The number of aryl methyl sites for hydroxylation is 1. The first kappa shape index (κ1) is 19.2. The molecule has 0 aliphatic heterocycles. The molecule has 1 amide bonds. The van der Waals surface area contributed by atoms with Crippen molar-refractivity contribution in [2.75, 3.05) is 7.11 Å². The maximum Gasteiger partial charge on any atom is 0.227 e. The Hall–Kier alpha value is -3.08. The van der Waals surface area contributed by atoms with E-state index >= 15 is 0 Å². The lowest BCUT2D eigenvalue weighted by molar-refractivity contribution is -0.131. The summed E-state index contributed by atoms with van der Waals surface area (Å²) >= 11 is 0. The number of hydrogen-bond donors (Lipinski definition) is 0. The summed E-state index contributed by atoms with van der Waals surface area (Å²) in [6.45, 7) is 4.67. The molecule has 3 aromatic rings. The Balaban J connectivity index is 1.53. The van der Waals surface area contributed by atoms with Crippen molar-refractivity contribution in [3.05, 3.63) is 77.1 Å². The van der Waals surface area contributed by atoms with Gasteiger partial charge in [0.25, 0.3) is 0 Å². The van der Waals surface area contributed by atoms with E-state index in [1.807, 2.05) is 78.0 Å². The molecule has 0 N–H and O–H groups in total. The zero-order valence-electron chi connectivity index (χ0n) is 17.3. The van der Waals surface area contributed by atoms with Crippen molar-refractivity contribution in [3.63, 3.8) is 0 Å². The van der Waals surface area contributed by atoms with Gasteiger partial charge < -0.3 is 9.64 Å². The Morgan fingerprint density at radius 3 is 2.41 bits per heavy atom. The highest BCUT2D eigenvalue weighted by molar-refractivity contribution is 5.80. The molecule has 0 bridgehead atoms. The van der Waals surface area contributed by atoms with Crippen molar-refractivity contribution in [1.29, 1.82) is 0 Å². The van der Waals surface area contributed by atoms with E-state index < -0.39 is 0 Å². The highest BCUT2D eigenvalue weighted by Gasteiger charge is 2.33. The normalized spacial score (nSPS) is 13.3. The Bertz CT molecular complexity index is 989. The summed E-state index contributed by atoms with van der Waals surface area (Å²) in [5.41, 5.74) is 5.12. The van der Waals surface area contributed by atoms with Gasteiger partial charge in [-0.2, -0.15) is 5.10 Å². The topological polar surface area (TPSA) is 47.4 Å². The van der Waals surface area contributed by atoms with Crippen LogP contribution >= 0.6 is 0 Å². The van der Waals surface area contributed by atoms with Crippen LogP contribution in [0.2, 0.25) is 0 Å². The Labute approximate surface area is 171 Å². The van der Waals surface area contributed by atoms with E-state index in [4.69, 9.17) is 4.74 Å². The molecule has 1 fully saturated rings. The lowest BCUT2D eigenvalue weighted by atomic mass is 10.1. The van der Waals surface area contributed by atoms with E-state index in [0.29, 0.717) is 19.0 Å². The van der Waals surface area contributed by atoms with Gasteiger partial charge in [0.15, 0.2) is 0 Å². The molecule has 29 heavy (non-hydrogen) atoms. The van der Waals surface area contributed by atoms with Gasteiger partial charge in [0.2, 0.25) is 5.91 Å². The lowest BCUT2D eigenvalue weighted by Crippen LogP contribution is -2.34. The molecular formula is C24H27N3O2. The largest absolute Gasteiger partial charge is 0.497 e. The second kappa shape index (κ2) is 8.11. The third-order valence-corrected chi connectivity index (χ3v) is 5.59. The molecular weight excluding hydrogens is 362 g/mol. The van der Waals surface area contributed by atoms with Crippen LogP contribution in [-0.2, 0) is 17.8 Å². The second-order valence-electron chi connectivity index (χ2n) is 7.67. The molecule has 1 aliphatic rings. The van der Waals surface area contributed by atoms with Crippen LogP contribution in [-0.4, -0.2) is 33.7 Å². The van der Waals surface area contributed by atoms with Crippen molar-refractivity contribution in [2.24, 2.45) is 0 Å². The number of hydrogen-bond acceptors (Lipinski definition) is 3. The zero-order valence-corrected chi connectivity index (χ0v) is 17.3. The van der Waals surface area contributed by atoms with Gasteiger partial charge in [-0.05, 0) is 56.5 Å². The lowest BCUT2D eigenvalue weighted by Gasteiger charge is -2.23. The van der Waals surface area contributed by atoms with Crippen molar-refractivity contribution >= 4 is 5.91 Å². The minimum atomic E-state index is 0.169. The first-order valence-corrected chi connectivity index (χ1v) is 10.1. The van der Waals surface area contributed by atoms with Gasteiger partial charge in [-0.15, -0.1) is 0 Å². The minimum Gasteiger partial charge on any atom is -0.497 e. The smallest absolute Gasteiger partial charge is 0.227 e. The standard InChI is InChI=1S/C24H27N3O2/c1-17-23(18(2)27(25-17)21-7-5-4-6-8-21)15-24(28)26(20-11-12-20)16-19-9-13-22(29-3)14-10-19/h4-10,13-14,20H,11-12,15-16H2,1-3H3. The molecule has 0 unspecified atom stereocenters. The summed E-state index contributed by atoms with van der Waals surface area (Å²) in [5.74, 6) is 1.000. The number of nitrogens with zero attached hydrogens (tertiary/aromatic N) is 3. The van der Waals surface area contributed by atoms with E-state index in [1.165, 1.54) is 0 Å². The Morgan fingerprint density at radius 2 is 1.79 bits per heavy atom. The highest BCUT2D eigenvalue weighted by atomic mass is 16.5. The van der Waals surface area contributed by atoms with Crippen molar-refractivity contribution in [3.8, 4) is 11.4 Å². The van der Waals surface area contributed by atoms with E-state index in [-0.39, 0.29) is 5.91 Å². The van der Waals surface area contributed by atoms with Crippen LogP contribution in [0.3, 0.4) is 0 Å². The van der Waals surface area contributed by atoms with Crippen LogP contribution in [0, 0.1) is 13.8 Å². The molecule has 0 atom stereocenters. The number of carbonyl (C=O) groups excluding carboxylic acids is 1. The molecule has 4 rings (SSSR count). The summed E-state index contributed by atoms with van der Waals surface area (Å²) in [4.78, 5) is 15.3. The number of methoxy groups -OCH3 is 1. The van der Waals surface area contributed by atoms with Crippen LogP contribution < -0.4 is 4.74 Å². The molecule has 5 heteroatoms. The fourth-order valence-electron chi connectivity index (χ4n) is 3.74.